The van der Waals surface area contributed by atoms with Crippen LogP contribution in [0.15, 0.2) is 0 Å². The summed E-state index contributed by atoms with van der Waals surface area (Å²) in [6, 6.07) is 0. The quantitative estimate of drug-likeness (QED) is 0.610. The SMILES string of the molecule is CCNCCCN(C)S(=O)(=O)N(C)CC(C)CC. The maximum atomic E-state index is 12.2. The van der Waals surface area contributed by atoms with Crippen LogP contribution < -0.4 is 5.32 Å². The van der Waals surface area contributed by atoms with E-state index < -0.39 is 10.2 Å². The summed E-state index contributed by atoms with van der Waals surface area (Å²) in [5, 5.41) is 3.19. The third kappa shape index (κ3) is 6.13. The van der Waals surface area contributed by atoms with Gasteiger partial charge in [-0.25, -0.2) is 0 Å². The van der Waals surface area contributed by atoms with Gasteiger partial charge in [-0.1, -0.05) is 27.2 Å². The normalized spacial score (nSPS) is 14.4. The van der Waals surface area contributed by atoms with Crippen molar-refractivity contribution in [1.29, 1.82) is 0 Å². The number of rotatable bonds is 10. The van der Waals surface area contributed by atoms with Gasteiger partial charge < -0.3 is 5.32 Å². The Bertz CT molecular complexity index is 306. The topological polar surface area (TPSA) is 52.7 Å². The summed E-state index contributed by atoms with van der Waals surface area (Å²) in [7, 11) is 0.00982. The standard InChI is InChI=1S/C12H29N3O2S/c1-6-12(3)11-15(5)18(16,17)14(4)10-8-9-13-7-2/h12-13H,6-11H2,1-5H3. The van der Waals surface area contributed by atoms with E-state index >= 15 is 0 Å². The first-order chi connectivity index (χ1) is 8.36. The Morgan fingerprint density at radius 2 is 1.78 bits per heavy atom. The minimum atomic E-state index is -3.29. The molecular weight excluding hydrogens is 250 g/mol. The van der Waals surface area contributed by atoms with E-state index in [1.54, 1.807) is 14.1 Å². The summed E-state index contributed by atoms with van der Waals surface area (Å²) in [5.41, 5.74) is 0. The van der Waals surface area contributed by atoms with Crippen LogP contribution in [-0.2, 0) is 10.2 Å². The third-order valence-electron chi connectivity index (χ3n) is 3.13. The van der Waals surface area contributed by atoms with Gasteiger partial charge in [0.2, 0.25) is 0 Å². The van der Waals surface area contributed by atoms with E-state index in [0.29, 0.717) is 19.0 Å². The van der Waals surface area contributed by atoms with Crippen molar-refractivity contribution in [1.82, 2.24) is 13.9 Å². The van der Waals surface area contributed by atoms with Crippen LogP contribution in [0.5, 0.6) is 0 Å². The van der Waals surface area contributed by atoms with E-state index in [-0.39, 0.29) is 0 Å². The molecule has 1 unspecified atom stereocenters. The molecule has 6 heteroatoms. The minimum Gasteiger partial charge on any atom is -0.317 e. The van der Waals surface area contributed by atoms with Crippen LogP contribution in [0.2, 0.25) is 0 Å². The van der Waals surface area contributed by atoms with Crippen molar-refractivity contribution >= 4 is 10.2 Å². The monoisotopic (exact) mass is 279 g/mol. The summed E-state index contributed by atoms with van der Waals surface area (Å²) >= 11 is 0. The second-order valence-corrected chi connectivity index (χ2v) is 6.97. The van der Waals surface area contributed by atoms with Crippen molar-refractivity contribution < 1.29 is 8.42 Å². The average Bonchev–Trinajstić information content (AvgIpc) is 2.33. The molecule has 110 valence electrons. The minimum absolute atomic E-state index is 0.389. The maximum absolute atomic E-state index is 12.2. The van der Waals surface area contributed by atoms with Gasteiger partial charge in [-0.05, 0) is 25.4 Å². The fourth-order valence-electron chi connectivity index (χ4n) is 1.62. The number of hydrogen-bond acceptors (Lipinski definition) is 3. The highest BCUT2D eigenvalue weighted by atomic mass is 32.2. The molecule has 0 aliphatic rings. The van der Waals surface area contributed by atoms with Crippen molar-refractivity contribution in [3.8, 4) is 0 Å². The van der Waals surface area contributed by atoms with Crippen LogP contribution >= 0.6 is 0 Å². The van der Waals surface area contributed by atoms with E-state index in [2.05, 4.69) is 19.2 Å². The Hall–Kier alpha value is -0.170. The molecule has 1 N–H and O–H groups in total. The molecule has 0 aliphatic carbocycles. The van der Waals surface area contributed by atoms with E-state index in [1.807, 2.05) is 6.92 Å². The molecule has 0 aromatic rings. The molecule has 0 radical (unpaired) electrons. The first kappa shape index (κ1) is 17.8. The molecule has 0 rings (SSSR count). The molecule has 0 aromatic heterocycles. The van der Waals surface area contributed by atoms with Gasteiger partial charge in [-0.3, -0.25) is 0 Å². The molecule has 0 bridgehead atoms. The highest BCUT2D eigenvalue weighted by Crippen LogP contribution is 2.09. The van der Waals surface area contributed by atoms with E-state index in [4.69, 9.17) is 0 Å². The van der Waals surface area contributed by atoms with E-state index in [1.165, 1.54) is 8.61 Å². The molecule has 0 spiro atoms. The van der Waals surface area contributed by atoms with Crippen LogP contribution in [0.4, 0.5) is 0 Å². The van der Waals surface area contributed by atoms with Gasteiger partial charge in [0.25, 0.3) is 10.2 Å². The molecule has 18 heavy (non-hydrogen) atoms. The zero-order valence-electron chi connectivity index (χ0n) is 12.4. The van der Waals surface area contributed by atoms with Crippen LogP contribution in [0.3, 0.4) is 0 Å². The zero-order valence-corrected chi connectivity index (χ0v) is 13.3. The molecule has 0 heterocycles. The highest BCUT2D eigenvalue weighted by molar-refractivity contribution is 7.86. The number of hydrogen-bond donors (Lipinski definition) is 1. The summed E-state index contributed by atoms with van der Waals surface area (Å²) < 4.78 is 27.2. The van der Waals surface area contributed by atoms with Gasteiger partial charge >= 0.3 is 0 Å². The van der Waals surface area contributed by atoms with Gasteiger partial charge in [0.05, 0.1) is 0 Å². The summed E-state index contributed by atoms with van der Waals surface area (Å²) in [6.45, 7) is 9.09. The maximum Gasteiger partial charge on any atom is 0.281 e. The lowest BCUT2D eigenvalue weighted by atomic mass is 10.1. The van der Waals surface area contributed by atoms with Gasteiger partial charge in [-0.15, -0.1) is 0 Å². The van der Waals surface area contributed by atoms with Gasteiger partial charge in [0, 0.05) is 27.2 Å². The molecule has 5 nitrogen and oxygen atoms in total. The summed E-state index contributed by atoms with van der Waals surface area (Å²) in [6.07, 6.45) is 1.82. The lowest BCUT2D eigenvalue weighted by Crippen LogP contribution is -2.42. The Morgan fingerprint density at radius 1 is 1.17 bits per heavy atom. The van der Waals surface area contributed by atoms with Crippen LogP contribution in [0.1, 0.15) is 33.6 Å². The summed E-state index contributed by atoms with van der Waals surface area (Å²) in [4.78, 5) is 0. The Labute approximate surface area is 113 Å². The van der Waals surface area contributed by atoms with Crippen molar-refractivity contribution in [2.45, 2.75) is 33.6 Å². The van der Waals surface area contributed by atoms with Gasteiger partial charge in [0.1, 0.15) is 0 Å². The fraction of sp³-hybridized carbons (Fsp3) is 1.00. The van der Waals surface area contributed by atoms with Crippen molar-refractivity contribution in [2.75, 3.05) is 40.3 Å². The lowest BCUT2D eigenvalue weighted by Gasteiger charge is -2.26. The molecule has 1 atom stereocenters. The first-order valence-electron chi connectivity index (χ1n) is 6.74. The lowest BCUT2D eigenvalue weighted by molar-refractivity contribution is 0.351. The first-order valence-corrected chi connectivity index (χ1v) is 8.14. The third-order valence-corrected chi connectivity index (χ3v) is 5.04. The number of nitrogens with one attached hydrogen (secondary N) is 1. The molecule has 0 saturated carbocycles. The molecule has 0 amide bonds. The fourth-order valence-corrected chi connectivity index (χ4v) is 2.90. The smallest absolute Gasteiger partial charge is 0.281 e. The largest absolute Gasteiger partial charge is 0.317 e. The van der Waals surface area contributed by atoms with Gasteiger partial charge in [0.15, 0.2) is 0 Å². The van der Waals surface area contributed by atoms with E-state index in [0.717, 1.165) is 25.9 Å². The predicted octanol–water partition coefficient (Wildman–Crippen LogP) is 1.14. The van der Waals surface area contributed by atoms with Crippen molar-refractivity contribution in [2.24, 2.45) is 5.92 Å². The Kier molecular flexibility index (Phi) is 8.77. The van der Waals surface area contributed by atoms with Crippen LogP contribution in [0, 0.1) is 5.92 Å². The second-order valence-electron chi connectivity index (χ2n) is 4.83. The highest BCUT2D eigenvalue weighted by Gasteiger charge is 2.23. The molecule has 0 saturated heterocycles. The molecule has 0 aromatic carbocycles. The van der Waals surface area contributed by atoms with Gasteiger partial charge in [-0.2, -0.15) is 17.0 Å². The molecule has 0 aliphatic heterocycles. The number of nitrogens with zero attached hydrogens (tertiary/aromatic N) is 2. The molecule has 0 fully saturated rings. The average molecular weight is 279 g/mol. The van der Waals surface area contributed by atoms with Crippen molar-refractivity contribution in [3.05, 3.63) is 0 Å². The Morgan fingerprint density at radius 3 is 2.28 bits per heavy atom. The summed E-state index contributed by atoms with van der Waals surface area (Å²) in [5.74, 6) is 0.389. The Balaban J connectivity index is 4.25. The molecular formula is C12H29N3O2S. The second kappa shape index (κ2) is 8.85. The predicted molar refractivity (Wildman–Crippen MR) is 76.8 cm³/mol. The van der Waals surface area contributed by atoms with E-state index in [9.17, 15) is 8.42 Å². The zero-order chi connectivity index (χ0) is 14.2. The van der Waals surface area contributed by atoms with Crippen LogP contribution in [-0.4, -0.2) is 57.3 Å². The van der Waals surface area contributed by atoms with Crippen molar-refractivity contribution in [3.63, 3.8) is 0 Å². The van der Waals surface area contributed by atoms with Crippen LogP contribution in [0.25, 0.3) is 0 Å².